The maximum atomic E-state index is 12.8. The standard InChI is InChI=1S/C20H19N3O3S/c1-11-10-12(2)21-19-16(11)13(3)17(27-19)18(24)22-14-4-6-15(7-5-14)23-8-9-26-20(23)25/h4-7,10H,8-9H2,1-3H3,(H,22,24). The number of hydrogen-bond donors (Lipinski definition) is 1. The minimum atomic E-state index is -0.342. The molecule has 4 rings (SSSR count). The van der Waals surface area contributed by atoms with Crippen LogP contribution in [-0.2, 0) is 4.74 Å². The van der Waals surface area contributed by atoms with Crippen molar-refractivity contribution in [3.05, 3.63) is 52.0 Å². The molecule has 0 saturated carbocycles. The van der Waals surface area contributed by atoms with Crippen molar-refractivity contribution in [2.75, 3.05) is 23.4 Å². The average molecular weight is 381 g/mol. The van der Waals surface area contributed by atoms with E-state index in [0.29, 0.717) is 23.7 Å². The zero-order valence-electron chi connectivity index (χ0n) is 15.3. The van der Waals surface area contributed by atoms with E-state index in [1.807, 2.05) is 26.8 Å². The molecule has 2 aromatic heterocycles. The number of anilines is 2. The number of rotatable bonds is 3. The molecule has 0 radical (unpaired) electrons. The number of ether oxygens (including phenoxy) is 1. The summed E-state index contributed by atoms with van der Waals surface area (Å²) in [7, 11) is 0. The van der Waals surface area contributed by atoms with Crippen molar-refractivity contribution >= 4 is 44.9 Å². The fraction of sp³-hybridized carbons (Fsp3) is 0.250. The van der Waals surface area contributed by atoms with Gasteiger partial charge in [0.2, 0.25) is 0 Å². The third kappa shape index (κ3) is 3.14. The van der Waals surface area contributed by atoms with Crippen LogP contribution < -0.4 is 10.2 Å². The van der Waals surface area contributed by atoms with Gasteiger partial charge in [0.15, 0.2) is 0 Å². The van der Waals surface area contributed by atoms with Crippen molar-refractivity contribution in [3.63, 3.8) is 0 Å². The summed E-state index contributed by atoms with van der Waals surface area (Å²) >= 11 is 1.41. The maximum absolute atomic E-state index is 12.8. The van der Waals surface area contributed by atoms with Gasteiger partial charge in [0.05, 0.1) is 11.4 Å². The van der Waals surface area contributed by atoms with E-state index in [0.717, 1.165) is 32.7 Å². The van der Waals surface area contributed by atoms with Gasteiger partial charge in [-0.15, -0.1) is 11.3 Å². The van der Waals surface area contributed by atoms with Crippen LogP contribution in [0.15, 0.2) is 30.3 Å². The lowest BCUT2D eigenvalue weighted by molar-refractivity contribution is 0.103. The molecule has 1 fully saturated rings. The van der Waals surface area contributed by atoms with Gasteiger partial charge < -0.3 is 10.1 Å². The summed E-state index contributed by atoms with van der Waals surface area (Å²) in [4.78, 5) is 32.1. The zero-order chi connectivity index (χ0) is 19.1. The lowest BCUT2D eigenvalue weighted by atomic mass is 10.1. The Hall–Kier alpha value is -2.93. The highest BCUT2D eigenvalue weighted by molar-refractivity contribution is 7.20. The fourth-order valence-corrected chi connectivity index (χ4v) is 4.57. The molecule has 1 aliphatic heterocycles. The molecule has 138 valence electrons. The first-order valence-corrected chi connectivity index (χ1v) is 9.49. The summed E-state index contributed by atoms with van der Waals surface area (Å²) in [6, 6.07) is 9.21. The highest BCUT2D eigenvalue weighted by atomic mass is 32.1. The molecule has 3 heterocycles. The predicted molar refractivity (Wildman–Crippen MR) is 107 cm³/mol. The van der Waals surface area contributed by atoms with E-state index in [-0.39, 0.29) is 12.0 Å². The lowest BCUT2D eigenvalue weighted by Gasteiger charge is -2.13. The van der Waals surface area contributed by atoms with Crippen LogP contribution in [0.2, 0.25) is 0 Å². The van der Waals surface area contributed by atoms with Crippen LogP contribution in [-0.4, -0.2) is 30.1 Å². The Morgan fingerprint density at radius 2 is 1.96 bits per heavy atom. The Balaban J connectivity index is 1.57. The second kappa shape index (κ2) is 6.66. The van der Waals surface area contributed by atoms with Crippen LogP contribution >= 0.6 is 11.3 Å². The monoisotopic (exact) mass is 381 g/mol. The zero-order valence-corrected chi connectivity index (χ0v) is 16.1. The second-order valence-corrected chi connectivity index (χ2v) is 7.58. The third-order valence-electron chi connectivity index (χ3n) is 4.63. The summed E-state index contributed by atoms with van der Waals surface area (Å²) in [6.45, 7) is 6.89. The molecule has 1 saturated heterocycles. The van der Waals surface area contributed by atoms with Crippen LogP contribution in [0, 0.1) is 20.8 Å². The summed E-state index contributed by atoms with van der Waals surface area (Å²) in [6.07, 6.45) is -0.342. The molecule has 0 unspecified atom stereocenters. The number of fused-ring (bicyclic) bond motifs is 1. The second-order valence-electron chi connectivity index (χ2n) is 6.58. The molecular formula is C20H19N3O3S. The van der Waals surface area contributed by atoms with Crippen molar-refractivity contribution in [1.29, 1.82) is 0 Å². The molecule has 3 aromatic rings. The number of carbonyl (C=O) groups excluding carboxylic acids is 2. The Bertz CT molecular complexity index is 1060. The molecule has 6 nitrogen and oxygen atoms in total. The Kier molecular flexibility index (Phi) is 4.31. The Morgan fingerprint density at radius 1 is 1.22 bits per heavy atom. The van der Waals surface area contributed by atoms with Crippen LogP contribution in [0.5, 0.6) is 0 Å². The number of carbonyl (C=O) groups is 2. The van der Waals surface area contributed by atoms with Gasteiger partial charge in [-0.05, 0) is 62.2 Å². The molecule has 0 bridgehead atoms. The first-order valence-electron chi connectivity index (χ1n) is 8.67. The molecule has 1 aliphatic rings. The Morgan fingerprint density at radius 3 is 2.63 bits per heavy atom. The number of nitrogens with zero attached hydrogens (tertiary/aromatic N) is 2. The first-order chi connectivity index (χ1) is 12.9. The normalized spacial score (nSPS) is 13.9. The molecule has 0 spiro atoms. The molecule has 0 atom stereocenters. The van der Waals surface area contributed by atoms with Crippen molar-refractivity contribution in [2.24, 2.45) is 0 Å². The molecule has 7 heteroatoms. The van der Waals surface area contributed by atoms with Crippen molar-refractivity contribution in [1.82, 2.24) is 4.98 Å². The highest BCUT2D eigenvalue weighted by Crippen LogP contribution is 2.33. The number of cyclic esters (lactones) is 1. The van der Waals surface area contributed by atoms with E-state index in [1.54, 1.807) is 29.2 Å². The van der Waals surface area contributed by atoms with E-state index < -0.39 is 0 Å². The minimum Gasteiger partial charge on any atom is -0.447 e. The number of amides is 2. The molecule has 1 aromatic carbocycles. The summed E-state index contributed by atoms with van der Waals surface area (Å²) < 4.78 is 4.95. The van der Waals surface area contributed by atoms with Gasteiger partial charge in [-0.1, -0.05) is 0 Å². The summed E-state index contributed by atoms with van der Waals surface area (Å²) in [5, 5.41) is 3.99. The number of pyridine rings is 1. The van der Waals surface area contributed by atoms with Crippen molar-refractivity contribution in [3.8, 4) is 0 Å². The number of thiophene rings is 1. The van der Waals surface area contributed by atoms with E-state index in [4.69, 9.17) is 4.74 Å². The van der Waals surface area contributed by atoms with Crippen molar-refractivity contribution < 1.29 is 14.3 Å². The fourth-order valence-electron chi connectivity index (χ4n) is 3.38. The van der Waals surface area contributed by atoms with E-state index in [2.05, 4.69) is 10.3 Å². The summed E-state index contributed by atoms with van der Waals surface area (Å²) in [5.74, 6) is -0.152. The van der Waals surface area contributed by atoms with E-state index >= 15 is 0 Å². The number of aryl methyl sites for hydroxylation is 3. The van der Waals surface area contributed by atoms with Gasteiger partial charge >= 0.3 is 6.09 Å². The van der Waals surface area contributed by atoms with E-state index in [1.165, 1.54) is 11.3 Å². The van der Waals surface area contributed by atoms with Crippen LogP contribution in [0.3, 0.4) is 0 Å². The van der Waals surface area contributed by atoms with Gasteiger partial charge in [0.1, 0.15) is 11.4 Å². The van der Waals surface area contributed by atoms with Crippen molar-refractivity contribution in [2.45, 2.75) is 20.8 Å². The van der Waals surface area contributed by atoms with Gasteiger partial charge in [-0.2, -0.15) is 0 Å². The van der Waals surface area contributed by atoms with E-state index in [9.17, 15) is 9.59 Å². The van der Waals surface area contributed by atoms with Crippen LogP contribution in [0.4, 0.5) is 16.2 Å². The number of hydrogen-bond acceptors (Lipinski definition) is 5. The lowest BCUT2D eigenvalue weighted by Crippen LogP contribution is -2.23. The SMILES string of the molecule is Cc1cc(C)c2c(C)c(C(=O)Nc3ccc(N4CCOC4=O)cc3)sc2n1. The molecule has 2 amide bonds. The molecule has 1 N–H and O–H groups in total. The van der Waals surface area contributed by atoms with Crippen LogP contribution in [0.1, 0.15) is 26.5 Å². The van der Waals surface area contributed by atoms with Gasteiger partial charge in [0, 0.05) is 22.5 Å². The molecule has 0 aliphatic carbocycles. The topological polar surface area (TPSA) is 71.5 Å². The van der Waals surface area contributed by atoms with Crippen LogP contribution in [0.25, 0.3) is 10.2 Å². The number of benzene rings is 1. The summed E-state index contributed by atoms with van der Waals surface area (Å²) in [5.41, 5.74) is 4.46. The molecule has 27 heavy (non-hydrogen) atoms. The minimum absolute atomic E-state index is 0.152. The average Bonchev–Trinajstić information content (AvgIpc) is 3.19. The first kappa shape index (κ1) is 17.5. The number of nitrogens with one attached hydrogen (secondary N) is 1. The molecular weight excluding hydrogens is 362 g/mol. The largest absolute Gasteiger partial charge is 0.447 e. The third-order valence-corrected chi connectivity index (χ3v) is 5.81. The van der Waals surface area contributed by atoms with Gasteiger partial charge in [0.25, 0.3) is 5.91 Å². The smallest absolute Gasteiger partial charge is 0.414 e. The van der Waals surface area contributed by atoms with Gasteiger partial charge in [-0.25, -0.2) is 9.78 Å². The Labute approximate surface area is 160 Å². The maximum Gasteiger partial charge on any atom is 0.414 e. The quantitative estimate of drug-likeness (QED) is 0.728. The van der Waals surface area contributed by atoms with Gasteiger partial charge in [-0.3, -0.25) is 9.69 Å². The highest BCUT2D eigenvalue weighted by Gasteiger charge is 2.23. The number of aromatic nitrogens is 1. The predicted octanol–water partition coefficient (Wildman–Crippen LogP) is 4.43.